The first kappa shape index (κ1) is 16.0. The van der Waals surface area contributed by atoms with Gasteiger partial charge in [0.1, 0.15) is 5.75 Å². The van der Waals surface area contributed by atoms with E-state index in [9.17, 15) is 0 Å². The number of ether oxygens (including phenoxy) is 2. The molecule has 0 saturated heterocycles. The highest BCUT2D eigenvalue weighted by Crippen LogP contribution is 2.19. The van der Waals surface area contributed by atoms with E-state index in [0.717, 1.165) is 25.2 Å². The summed E-state index contributed by atoms with van der Waals surface area (Å²) in [6.45, 7) is 5.18. The molecule has 19 heavy (non-hydrogen) atoms. The molecule has 108 valence electrons. The van der Waals surface area contributed by atoms with Gasteiger partial charge < -0.3 is 14.8 Å². The Balaban J connectivity index is 2.55. The molecule has 1 aromatic rings. The van der Waals surface area contributed by atoms with Crippen LogP contribution >= 0.6 is 0 Å². The molecule has 0 heterocycles. The van der Waals surface area contributed by atoms with Crippen LogP contribution in [0.4, 0.5) is 0 Å². The molecule has 0 bridgehead atoms. The van der Waals surface area contributed by atoms with E-state index in [-0.39, 0.29) is 0 Å². The molecule has 0 aliphatic heterocycles. The second-order valence-electron chi connectivity index (χ2n) is 5.02. The third kappa shape index (κ3) is 5.62. The minimum atomic E-state index is 0.406. The first-order chi connectivity index (χ1) is 9.21. The second kappa shape index (κ2) is 8.94. The lowest BCUT2D eigenvalue weighted by Crippen LogP contribution is -2.40. The Morgan fingerprint density at radius 2 is 1.95 bits per heavy atom. The van der Waals surface area contributed by atoms with Gasteiger partial charge in [0.05, 0.1) is 13.7 Å². The summed E-state index contributed by atoms with van der Waals surface area (Å²) in [6, 6.07) is 9.04. The topological polar surface area (TPSA) is 30.5 Å². The largest absolute Gasteiger partial charge is 0.496 e. The predicted molar refractivity (Wildman–Crippen MR) is 79.9 cm³/mol. The number of benzene rings is 1. The number of rotatable bonds is 9. The monoisotopic (exact) mass is 265 g/mol. The quantitative estimate of drug-likeness (QED) is 0.744. The van der Waals surface area contributed by atoms with Crippen LogP contribution < -0.4 is 10.1 Å². The highest BCUT2D eigenvalue weighted by Gasteiger charge is 2.13. The van der Waals surface area contributed by atoms with Crippen LogP contribution in [0.2, 0.25) is 0 Å². The van der Waals surface area contributed by atoms with Gasteiger partial charge in [0, 0.05) is 19.2 Å². The zero-order valence-corrected chi connectivity index (χ0v) is 12.6. The summed E-state index contributed by atoms with van der Waals surface area (Å²) in [5.41, 5.74) is 1.25. The van der Waals surface area contributed by atoms with Gasteiger partial charge in [-0.1, -0.05) is 31.5 Å². The van der Waals surface area contributed by atoms with Crippen LogP contribution in [-0.2, 0) is 11.2 Å². The van der Waals surface area contributed by atoms with Crippen LogP contribution in [0.5, 0.6) is 5.75 Å². The Morgan fingerprint density at radius 1 is 1.21 bits per heavy atom. The number of hydrogen-bond donors (Lipinski definition) is 1. The number of methoxy groups -OCH3 is 2. The lowest BCUT2D eigenvalue weighted by molar-refractivity contribution is 0.157. The minimum Gasteiger partial charge on any atom is -0.496 e. The van der Waals surface area contributed by atoms with Crippen molar-refractivity contribution in [2.75, 3.05) is 20.8 Å². The molecule has 1 aromatic carbocycles. The lowest BCUT2D eigenvalue weighted by atomic mass is 10.0. The number of hydrogen-bond acceptors (Lipinski definition) is 3. The van der Waals surface area contributed by atoms with Crippen molar-refractivity contribution in [1.29, 1.82) is 0 Å². The highest BCUT2D eigenvalue weighted by atomic mass is 16.5. The predicted octanol–water partition coefficient (Wildman–Crippen LogP) is 3.03. The van der Waals surface area contributed by atoms with Gasteiger partial charge in [0.25, 0.3) is 0 Å². The first-order valence-corrected chi connectivity index (χ1v) is 7.08. The Bertz CT molecular complexity index is 348. The van der Waals surface area contributed by atoms with Gasteiger partial charge in [-0.2, -0.15) is 0 Å². The molecular weight excluding hydrogens is 238 g/mol. The van der Waals surface area contributed by atoms with Gasteiger partial charge in [-0.3, -0.25) is 0 Å². The Kier molecular flexibility index (Phi) is 7.53. The second-order valence-corrected chi connectivity index (χ2v) is 5.02. The molecule has 0 aliphatic carbocycles. The van der Waals surface area contributed by atoms with Gasteiger partial charge in [-0.05, 0) is 31.4 Å². The van der Waals surface area contributed by atoms with Gasteiger partial charge in [0.15, 0.2) is 0 Å². The van der Waals surface area contributed by atoms with E-state index in [1.807, 2.05) is 12.1 Å². The van der Waals surface area contributed by atoms with Crippen molar-refractivity contribution in [2.24, 2.45) is 0 Å². The molecular formula is C16H27NO2. The maximum atomic E-state index is 5.39. The average Bonchev–Trinajstić information content (AvgIpc) is 2.40. The zero-order chi connectivity index (χ0) is 14.1. The molecule has 1 N–H and O–H groups in total. The molecule has 0 aromatic heterocycles. The summed E-state index contributed by atoms with van der Waals surface area (Å²) in [6.07, 6.45) is 3.28. The number of nitrogens with one attached hydrogen (secondary N) is 1. The smallest absolute Gasteiger partial charge is 0.122 e. The van der Waals surface area contributed by atoms with Crippen LogP contribution in [0.3, 0.4) is 0 Å². The molecule has 3 nitrogen and oxygen atoms in total. The van der Waals surface area contributed by atoms with E-state index in [4.69, 9.17) is 9.47 Å². The van der Waals surface area contributed by atoms with Gasteiger partial charge in [0.2, 0.25) is 0 Å². The normalized spacial score (nSPS) is 14.1. The van der Waals surface area contributed by atoms with Crippen molar-refractivity contribution in [3.63, 3.8) is 0 Å². The fourth-order valence-electron chi connectivity index (χ4n) is 2.43. The Labute approximate surface area is 117 Å². The van der Waals surface area contributed by atoms with E-state index < -0.39 is 0 Å². The van der Waals surface area contributed by atoms with E-state index in [1.54, 1.807) is 14.2 Å². The Morgan fingerprint density at radius 3 is 2.58 bits per heavy atom. The molecule has 0 saturated carbocycles. The van der Waals surface area contributed by atoms with Crippen molar-refractivity contribution in [1.82, 2.24) is 5.32 Å². The molecule has 0 radical (unpaired) electrons. The van der Waals surface area contributed by atoms with E-state index in [1.165, 1.54) is 12.0 Å². The fraction of sp³-hybridized carbons (Fsp3) is 0.625. The van der Waals surface area contributed by atoms with Crippen molar-refractivity contribution in [3.05, 3.63) is 29.8 Å². The molecule has 0 amide bonds. The summed E-state index contributed by atoms with van der Waals surface area (Å²) in [7, 11) is 3.48. The van der Waals surface area contributed by atoms with Crippen molar-refractivity contribution >= 4 is 0 Å². The molecule has 0 spiro atoms. The van der Waals surface area contributed by atoms with Crippen LogP contribution in [0.15, 0.2) is 24.3 Å². The van der Waals surface area contributed by atoms with Crippen LogP contribution in [0.1, 0.15) is 32.3 Å². The number of para-hydroxylation sites is 1. The van der Waals surface area contributed by atoms with Crippen molar-refractivity contribution < 1.29 is 9.47 Å². The molecule has 0 fully saturated rings. The summed E-state index contributed by atoms with van der Waals surface area (Å²) < 4.78 is 10.7. The zero-order valence-electron chi connectivity index (χ0n) is 12.6. The minimum absolute atomic E-state index is 0.406. The summed E-state index contributed by atoms with van der Waals surface area (Å²) in [5.74, 6) is 0.968. The summed E-state index contributed by atoms with van der Waals surface area (Å²) in [5, 5.41) is 3.64. The maximum Gasteiger partial charge on any atom is 0.122 e. The van der Waals surface area contributed by atoms with Crippen molar-refractivity contribution in [2.45, 2.75) is 45.2 Å². The molecule has 2 atom stereocenters. The molecule has 0 aliphatic rings. The van der Waals surface area contributed by atoms with Crippen LogP contribution in [0, 0.1) is 0 Å². The maximum absolute atomic E-state index is 5.39. The summed E-state index contributed by atoms with van der Waals surface area (Å²) >= 11 is 0. The molecule has 2 unspecified atom stereocenters. The molecule has 3 heteroatoms. The fourth-order valence-corrected chi connectivity index (χ4v) is 2.43. The Hall–Kier alpha value is -1.06. The van der Waals surface area contributed by atoms with Gasteiger partial charge in [-0.25, -0.2) is 0 Å². The highest BCUT2D eigenvalue weighted by molar-refractivity contribution is 5.33. The lowest BCUT2D eigenvalue weighted by Gasteiger charge is -2.23. The van der Waals surface area contributed by atoms with E-state index in [2.05, 4.69) is 31.3 Å². The molecule has 1 rings (SSSR count). The third-order valence-corrected chi connectivity index (χ3v) is 3.24. The third-order valence-electron chi connectivity index (χ3n) is 3.24. The standard InChI is InChI=1S/C16H27NO2/c1-5-8-15(12-18-3)17-13(2)11-14-9-6-7-10-16(14)19-4/h6-7,9-10,13,15,17H,5,8,11-12H2,1-4H3. The van der Waals surface area contributed by atoms with Gasteiger partial charge >= 0.3 is 0 Å². The van der Waals surface area contributed by atoms with Gasteiger partial charge in [-0.15, -0.1) is 0 Å². The van der Waals surface area contributed by atoms with Crippen LogP contribution in [-0.4, -0.2) is 32.9 Å². The summed E-state index contributed by atoms with van der Waals surface area (Å²) in [4.78, 5) is 0. The van der Waals surface area contributed by atoms with Crippen LogP contribution in [0.25, 0.3) is 0 Å². The van der Waals surface area contributed by atoms with Crippen molar-refractivity contribution in [3.8, 4) is 5.75 Å². The average molecular weight is 265 g/mol. The first-order valence-electron chi connectivity index (χ1n) is 7.08. The van der Waals surface area contributed by atoms with E-state index >= 15 is 0 Å². The van der Waals surface area contributed by atoms with E-state index in [0.29, 0.717) is 12.1 Å². The SMILES string of the molecule is CCCC(COC)NC(C)Cc1ccccc1OC.